The molecule has 1 aliphatic heterocycles. The van der Waals surface area contributed by atoms with Crippen LogP contribution in [0.1, 0.15) is 33.6 Å². The smallest absolute Gasteiger partial charge is 0.273 e. The summed E-state index contributed by atoms with van der Waals surface area (Å²) in [4.78, 5) is 66.1. The van der Waals surface area contributed by atoms with Gasteiger partial charge in [-0.15, -0.1) is 11.6 Å². The van der Waals surface area contributed by atoms with Crippen molar-refractivity contribution in [3.8, 4) is 0 Å². The zero-order valence-corrected chi connectivity index (χ0v) is 21.2. The van der Waals surface area contributed by atoms with Crippen LogP contribution >= 0.6 is 11.6 Å². The predicted octanol–water partition coefficient (Wildman–Crippen LogP) is 4.02. The van der Waals surface area contributed by atoms with Gasteiger partial charge in [0, 0.05) is 29.1 Å². The van der Waals surface area contributed by atoms with Crippen molar-refractivity contribution in [1.82, 2.24) is 10.0 Å². The second-order valence-electron chi connectivity index (χ2n) is 10.5. The van der Waals surface area contributed by atoms with Crippen LogP contribution in [0.15, 0.2) is 60.7 Å². The molecule has 9 nitrogen and oxygen atoms in total. The van der Waals surface area contributed by atoms with Gasteiger partial charge in [0.2, 0.25) is 0 Å². The number of imide groups is 1. The number of benzene rings is 2. The number of carbonyl (C=O) groups excluding carboxylic acids is 4. The number of hydrogen-bond donors (Lipinski definition) is 0. The average molecular weight is 552 g/mol. The highest BCUT2D eigenvalue weighted by Gasteiger charge is 2.68. The number of hydrazine groups is 1. The number of ketones is 1. The minimum Gasteiger partial charge on any atom is -0.292 e. The molecular formula is C28H23ClFN3O6. The van der Waals surface area contributed by atoms with Gasteiger partial charge in [-0.3, -0.25) is 29.3 Å². The van der Waals surface area contributed by atoms with Crippen LogP contribution < -0.4 is 0 Å². The second-order valence-corrected chi connectivity index (χ2v) is 10.8. The Hall–Kier alpha value is -3.92. The molecule has 5 aliphatic rings. The fourth-order valence-electron chi connectivity index (χ4n) is 6.66. The first-order valence-electron chi connectivity index (χ1n) is 12.7. The molecule has 2 aromatic carbocycles. The second kappa shape index (κ2) is 9.37. The molecule has 1 saturated heterocycles. The highest BCUT2D eigenvalue weighted by Crippen LogP contribution is 2.65. The zero-order chi connectivity index (χ0) is 27.6. The van der Waals surface area contributed by atoms with Crippen molar-refractivity contribution in [1.29, 1.82) is 0 Å². The average Bonchev–Trinajstić information content (AvgIpc) is 3.72. The fourth-order valence-corrected chi connectivity index (χ4v) is 6.86. The van der Waals surface area contributed by atoms with Gasteiger partial charge < -0.3 is 0 Å². The number of amides is 3. The Morgan fingerprint density at radius 1 is 0.974 bits per heavy atom. The van der Waals surface area contributed by atoms with Crippen molar-refractivity contribution in [2.45, 2.75) is 18.9 Å². The highest BCUT2D eigenvalue weighted by molar-refractivity contribution is 6.18. The molecule has 0 radical (unpaired) electrons. The van der Waals surface area contributed by atoms with Gasteiger partial charge in [-0.1, -0.05) is 12.2 Å². The Labute approximate surface area is 227 Å². The number of halogens is 2. The molecule has 2 bridgehead atoms. The fraction of sp³-hybridized carbons (Fsp3) is 0.357. The van der Waals surface area contributed by atoms with E-state index in [1.807, 2.05) is 12.2 Å². The van der Waals surface area contributed by atoms with Gasteiger partial charge in [0.25, 0.3) is 23.4 Å². The molecule has 0 spiro atoms. The van der Waals surface area contributed by atoms with Gasteiger partial charge in [-0.25, -0.2) is 9.40 Å². The minimum absolute atomic E-state index is 0.0495. The summed E-state index contributed by atoms with van der Waals surface area (Å²) in [5.41, 5.74) is -0.224. The van der Waals surface area contributed by atoms with Crippen LogP contribution in [0.25, 0.3) is 0 Å². The maximum atomic E-state index is 14.0. The molecule has 0 aromatic heterocycles. The maximum absolute atomic E-state index is 14.0. The number of nitro groups is 1. The Morgan fingerprint density at radius 3 is 2.03 bits per heavy atom. The van der Waals surface area contributed by atoms with Gasteiger partial charge >= 0.3 is 0 Å². The van der Waals surface area contributed by atoms with Crippen LogP contribution in [0, 0.1) is 51.4 Å². The topological polar surface area (TPSA) is 118 Å². The lowest BCUT2D eigenvalue weighted by molar-refractivity contribution is -0.384. The van der Waals surface area contributed by atoms with Crippen LogP contribution in [0.2, 0.25) is 0 Å². The van der Waals surface area contributed by atoms with Gasteiger partial charge in [-0.05, 0) is 72.9 Å². The van der Waals surface area contributed by atoms with Crippen molar-refractivity contribution >= 4 is 40.8 Å². The SMILES string of the molecule is O=C(c1ccc(F)cc1)[C@H](CCCl)N(C(=O)c1ccc([N+](=O)[O-])cc1)N1C(=O)[C@@H]2[C@H]3C=C[C@@H]([C@@H]4C[C@H]34)[C@H]2C1=O. The van der Waals surface area contributed by atoms with Gasteiger partial charge in [0.1, 0.15) is 11.9 Å². The lowest BCUT2D eigenvalue weighted by atomic mass is 9.63. The van der Waals surface area contributed by atoms with E-state index in [0.29, 0.717) is 11.8 Å². The summed E-state index contributed by atoms with van der Waals surface area (Å²) in [5, 5.41) is 12.8. The van der Waals surface area contributed by atoms with Crippen LogP contribution in [-0.2, 0) is 9.59 Å². The Bertz CT molecular complexity index is 1390. The molecule has 200 valence electrons. The molecule has 7 rings (SSSR count). The lowest BCUT2D eigenvalue weighted by Gasteiger charge is -2.37. The van der Waals surface area contributed by atoms with Crippen molar-refractivity contribution in [2.24, 2.45) is 35.5 Å². The molecular weight excluding hydrogens is 529 g/mol. The standard InChI is InChI=1S/C28H23ClFN3O6/c29-12-11-22(25(34)14-1-5-16(30)6-2-14)31(26(35)15-3-7-17(8-4-15)33(38)39)32-27(36)23-18-9-10-19(21-13-20(18)21)24(23)28(32)37/h1-10,18-24H,11-13H2/t18-,19-,20-,21+,22-,23+,24+/m0/s1. The third kappa shape index (κ3) is 3.96. The van der Waals surface area contributed by atoms with Crippen LogP contribution in [0.4, 0.5) is 10.1 Å². The number of allylic oxidation sites excluding steroid dienone is 2. The summed E-state index contributed by atoms with van der Waals surface area (Å²) in [7, 11) is 0. The van der Waals surface area contributed by atoms with Crippen LogP contribution in [-0.4, -0.2) is 50.4 Å². The molecule has 7 atom stereocenters. The van der Waals surface area contributed by atoms with E-state index in [1.54, 1.807) is 0 Å². The third-order valence-corrected chi connectivity index (χ3v) is 8.72. The summed E-state index contributed by atoms with van der Waals surface area (Å²) in [5.74, 6) is -4.00. The first kappa shape index (κ1) is 25.4. The number of alkyl halides is 1. The van der Waals surface area contributed by atoms with E-state index in [1.165, 1.54) is 24.3 Å². The largest absolute Gasteiger partial charge is 0.292 e. The maximum Gasteiger partial charge on any atom is 0.273 e. The van der Waals surface area contributed by atoms with E-state index in [9.17, 15) is 33.7 Å². The quantitative estimate of drug-likeness (QED) is 0.122. The lowest BCUT2D eigenvalue weighted by Crippen LogP contribution is -2.57. The Morgan fingerprint density at radius 2 is 1.51 bits per heavy atom. The number of nitrogens with zero attached hydrogens (tertiary/aromatic N) is 3. The van der Waals surface area contributed by atoms with E-state index in [4.69, 9.17) is 11.6 Å². The summed E-state index contributed by atoms with van der Waals surface area (Å²) in [6.45, 7) is 0. The van der Waals surface area contributed by atoms with Gasteiger partial charge in [0.05, 0.1) is 16.8 Å². The zero-order valence-electron chi connectivity index (χ0n) is 20.5. The van der Waals surface area contributed by atoms with E-state index >= 15 is 0 Å². The Kier molecular flexibility index (Phi) is 6.10. The molecule has 4 aliphatic carbocycles. The Balaban J connectivity index is 1.43. The number of rotatable bonds is 8. The summed E-state index contributed by atoms with van der Waals surface area (Å²) in [6, 6.07) is 8.07. The van der Waals surface area contributed by atoms with Gasteiger partial charge in [-0.2, -0.15) is 5.01 Å². The summed E-state index contributed by atoms with van der Waals surface area (Å²) in [6.07, 6.45) is 4.85. The first-order valence-corrected chi connectivity index (χ1v) is 13.3. The molecule has 11 heteroatoms. The molecule has 3 amide bonds. The van der Waals surface area contributed by atoms with E-state index in [0.717, 1.165) is 40.7 Å². The van der Waals surface area contributed by atoms with E-state index in [2.05, 4.69) is 0 Å². The van der Waals surface area contributed by atoms with Crippen LogP contribution in [0.5, 0.6) is 0 Å². The number of carbonyl (C=O) groups is 4. The van der Waals surface area contributed by atoms with Crippen molar-refractivity contribution in [3.63, 3.8) is 0 Å². The number of nitro benzene ring substituents is 1. The van der Waals surface area contributed by atoms with Crippen molar-refractivity contribution in [3.05, 3.63) is 87.7 Å². The molecule has 2 saturated carbocycles. The highest BCUT2D eigenvalue weighted by atomic mass is 35.5. The van der Waals surface area contributed by atoms with Crippen LogP contribution in [0.3, 0.4) is 0 Å². The number of non-ortho nitro benzene ring substituents is 1. The minimum atomic E-state index is -1.36. The van der Waals surface area contributed by atoms with E-state index in [-0.39, 0.29) is 41.0 Å². The molecule has 2 aromatic rings. The predicted molar refractivity (Wildman–Crippen MR) is 136 cm³/mol. The van der Waals surface area contributed by atoms with Crippen molar-refractivity contribution < 1.29 is 28.5 Å². The molecule has 0 unspecified atom stereocenters. The molecule has 1 heterocycles. The molecule has 3 fully saturated rings. The summed E-state index contributed by atoms with van der Waals surface area (Å²) >= 11 is 6.06. The number of Topliss-reactive ketones (excluding diaryl/α,β-unsaturated/α-hetero) is 1. The monoisotopic (exact) mass is 551 g/mol. The molecule has 0 N–H and O–H groups in total. The first-order chi connectivity index (χ1) is 18.7. The normalized spacial score (nSPS) is 28.6. The van der Waals surface area contributed by atoms with E-state index < -0.39 is 52.1 Å². The number of hydrogen-bond acceptors (Lipinski definition) is 6. The van der Waals surface area contributed by atoms with Gasteiger partial charge in [0.15, 0.2) is 5.78 Å². The third-order valence-electron chi connectivity index (χ3n) is 8.50. The molecule has 39 heavy (non-hydrogen) atoms. The summed E-state index contributed by atoms with van der Waals surface area (Å²) < 4.78 is 13.6. The van der Waals surface area contributed by atoms with Crippen molar-refractivity contribution in [2.75, 3.05) is 5.88 Å².